The van der Waals surface area contributed by atoms with E-state index in [0.717, 1.165) is 12.8 Å². The number of nitrogens with zero attached hydrogens (tertiary/aromatic N) is 1. The van der Waals surface area contributed by atoms with Gasteiger partial charge in [0.1, 0.15) is 17.7 Å². The molecular formula is C16H18FNO4. The van der Waals surface area contributed by atoms with Gasteiger partial charge in [0, 0.05) is 24.9 Å². The van der Waals surface area contributed by atoms with Crippen LogP contribution in [0.4, 0.5) is 9.18 Å². The van der Waals surface area contributed by atoms with E-state index in [0.29, 0.717) is 18.6 Å². The van der Waals surface area contributed by atoms with Crippen LogP contribution in [0, 0.1) is 5.82 Å². The van der Waals surface area contributed by atoms with Crippen molar-refractivity contribution in [1.82, 2.24) is 4.90 Å². The second-order valence-corrected chi connectivity index (χ2v) is 5.98. The molecule has 1 amide bonds. The third-order valence-electron chi connectivity index (χ3n) is 4.53. The number of carboxylic acid groups (broad SMARTS) is 1. The number of ether oxygens (including phenoxy) is 1. The monoisotopic (exact) mass is 307 g/mol. The molecule has 118 valence electrons. The summed E-state index contributed by atoms with van der Waals surface area (Å²) in [6, 6.07) is 4.15. The summed E-state index contributed by atoms with van der Waals surface area (Å²) in [5.74, 6) is -0.441. The Morgan fingerprint density at radius 1 is 1.27 bits per heavy atom. The van der Waals surface area contributed by atoms with Crippen molar-refractivity contribution in [2.24, 2.45) is 0 Å². The van der Waals surface area contributed by atoms with Gasteiger partial charge in [-0.15, -0.1) is 0 Å². The highest BCUT2D eigenvalue weighted by Crippen LogP contribution is 2.37. The zero-order chi connectivity index (χ0) is 15.9. The largest absolute Gasteiger partial charge is 0.490 e. The highest BCUT2D eigenvalue weighted by atomic mass is 19.1. The molecule has 0 radical (unpaired) electrons. The Morgan fingerprint density at radius 2 is 1.91 bits per heavy atom. The fourth-order valence-corrected chi connectivity index (χ4v) is 3.58. The van der Waals surface area contributed by atoms with Crippen LogP contribution in [0.25, 0.3) is 0 Å². The van der Waals surface area contributed by atoms with Crippen LogP contribution >= 0.6 is 0 Å². The number of piperidine rings is 1. The molecule has 0 aromatic heterocycles. The molecule has 2 heterocycles. The number of carbonyl (C=O) groups excluding carboxylic acids is 1. The minimum Gasteiger partial charge on any atom is -0.490 e. The van der Waals surface area contributed by atoms with Crippen LogP contribution in [0.2, 0.25) is 0 Å². The quantitative estimate of drug-likeness (QED) is 0.871. The van der Waals surface area contributed by atoms with Crippen LogP contribution in [0.1, 0.15) is 43.0 Å². The molecule has 2 aliphatic heterocycles. The number of carbonyl (C=O) groups is 2. The number of halogens is 1. The van der Waals surface area contributed by atoms with Crippen LogP contribution in [-0.4, -0.2) is 40.1 Å². The molecule has 0 spiro atoms. The summed E-state index contributed by atoms with van der Waals surface area (Å²) in [6.45, 7) is 1.31. The van der Waals surface area contributed by atoms with Gasteiger partial charge in [0.25, 0.3) is 0 Å². The van der Waals surface area contributed by atoms with E-state index >= 15 is 0 Å². The lowest BCUT2D eigenvalue weighted by atomic mass is 10.00. The molecular weight excluding hydrogens is 289 g/mol. The first-order chi connectivity index (χ1) is 10.5. The molecule has 1 N–H and O–H groups in total. The lowest BCUT2D eigenvalue weighted by molar-refractivity contribution is 0.0494. The van der Waals surface area contributed by atoms with Gasteiger partial charge in [-0.05, 0) is 38.0 Å². The van der Waals surface area contributed by atoms with E-state index in [-0.39, 0.29) is 29.5 Å². The Labute approximate surface area is 127 Å². The lowest BCUT2D eigenvalue weighted by Crippen LogP contribution is -2.48. The van der Waals surface area contributed by atoms with Crippen LogP contribution < -0.4 is 4.74 Å². The topological polar surface area (TPSA) is 66.8 Å². The van der Waals surface area contributed by atoms with Crippen molar-refractivity contribution < 1.29 is 23.8 Å². The molecule has 1 unspecified atom stereocenters. The lowest BCUT2D eigenvalue weighted by Gasteiger charge is -2.37. The summed E-state index contributed by atoms with van der Waals surface area (Å²) in [6.07, 6.45) is 2.02. The van der Waals surface area contributed by atoms with Gasteiger partial charge in [-0.25, -0.2) is 9.18 Å². The number of rotatable bonds is 3. The number of Topliss-reactive ketones (excluding diaryl/α,β-unsaturated/α-hetero) is 1. The van der Waals surface area contributed by atoms with E-state index in [1.807, 2.05) is 0 Å². The van der Waals surface area contributed by atoms with Gasteiger partial charge in [-0.3, -0.25) is 4.79 Å². The summed E-state index contributed by atoms with van der Waals surface area (Å²) in [5, 5.41) is 9.23. The average molecular weight is 307 g/mol. The Balaban J connectivity index is 1.72. The maximum atomic E-state index is 13.5. The Hall–Kier alpha value is -2.11. The fourth-order valence-electron chi connectivity index (χ4n) is 3.58. The number of fused-ring (bicyclic) bond motifs is 2. The molecule has 2 bridgehead atoms. The summed E-state index contributed by atoms with van der Waals surface area (Å²) in [4.78, 5) is 24.2. The van der Waals surface area contributed by atoms with E-state index in [9.17, 15) is 19.1 Å². The third kappa shape index (κ3) is 2.65. The second-order valence-electron chi connectivity index (χ2n) is 5.98. The normalized spacial score (nSPS) is 26.8. The van der Waals surface area contributed by atoms with Gasteiger partial charge in [-0.2, -0.15) is 0 Å². The smallest absolute Gasteiger partial charge is 0.407 e. The summed E-state index contributed by atoms with van der Waals surface area (Å²) < 4.78 is 19.4. The minimum absolute atomic E-state index is 0.00558. The molecule has 1 aromatic carbocycles. The van der Waals surface area contributed by atoms with Crippen molar-refractivity contribution in [3.63, 3.8) is 0 Å². The van der Waals surface area contributed by atoms with Crippen molar-refractivity contribution in [2.75, 3.05) is 0 Å². The maximum absolute atomic E-state index is 13.5. The van der Waals surface area contributed by atoms with Gasteiger partial charge in [0.2, 0.25) is 0 Å². The van der Waals surface area contributed by atoms with Crippen LogP contribution in [0.3, 0.4) is 0 Å². The van der Waals surface area contributed by atoms with E-state index in [1.54, 1.807) is 0 Å². The zero-order valence-electron chi connectivity index (χ0n) is 12.3. The molecule has 0 aliphatic carbocycles. The van der Waals surface area contributed by atoms with Gasteiger partial charge in [0.05, 0.1) is 5.56 Å². The molecule has 3 atom stereocenters. The van der Waals surface area contributed by atoms with Crippen molar-refractivity contribution in [2.45, 2.75) is 50.8 Å². The fraction of sp³-hybridized carbons (Fsp3) is 0.500. The predicted molar refractivity (Wildman–Crippen MR) is 76.7 cm³/mol. The minimum atomic E-state index is -0.869. The average Bonchev–Trinajstić information content (AvgIpc) is 2.73. The Bertz CT molecular complexity index is 604. The second kappa shape index (κ2) is 5.59. The highest BCUT2D eigenvalue weighted by molar-refractivity contribution is 5.94. The van der Waals surface area contributed by atoms with Crippen molar-refractivity contribution in [1.29, 1.82) is 0 Å². The van der Waals surface area contributed by atoms with E-state index < -0.39 is 11.9 Å². The van der Waals surface area contributed by atoms with Gasteiger partial charge in [-0.1, -0.05) is 0 Å². The summed E-state index contributed by atoms with van der Waals surface area (Å²) in [5.41, 5.74) is 0.0171. The van der Waals surface area contributed by atoms with Crippen molar-refractivity contribution in [3.8, 4) is 5.75 Å². The van der Waals surface area contributed by atoms with Gasteiger partial charge in [0.15, 0.2) is 5.78 Å². The molecule has 2 aliphatic rings. The Kier molecular flexibility index (Phi) is 3.76. The van der Waals surface area contributed by atoms with E-state index in [1.165, 1.54) is 30.0 Å². The first-order valence-corrected chi connectivity index (χ1v) is 7.44. The number of hydrogen-bond donors (Lipinski definition) is 1. The first kappa shape index (κ1) is 14.8. The standard InChI is InChI=1S/C16H18FNO4/c1-9(19)14-8-12(4-5-15(14)17)22-13-6-10-2-3-11(7-13)18(10)16(20)21/h4-5,8,10-11,13H,2-3,6-7H2,1H3,(H,20,21)/t10-,11+,13?. The molecule has 6 heteroatoms. The number of benzene rings is 1. The molecule has 0 saturated carbocycles. The predicted octanol–water partition coefficient (Wildman–Crippen LogP) is 3.08. The molecule has 2 saturated heterocycles. The third-order valence-corrected chi connectivity index (χ3v) is 4.53. The molecule has 1 aromatic rings. The zero-order valence-corrected chi connectivity index (χ0v) is 12.3. The van der Waals surface area contributed by atoms with E-state index in [2.05, 4.69) is 0 Å². The van der Waals surface area contributed by atoms with E-state index in [4.69, 9.17) is 4.74 Å². The number of ketones is 1. The molecule has 22 heavy (non-hydrogen) atoms. The SMILES string of the molecule is CC(=O)c1cc(OC2C[C@H]3CC[C@@H](C2)N3C(=O)O)ccc1F. The van der Waals surface area contributed by atoms with Crippen molar-refractivity contribution in [3.05, 3.63) is 29.6 Å². The number of amides is 1. The first-order valence-electron chi connectivity index (χ1n) is 7.44. The maximum Gasteiger partial charge on any atom is 0.407 e. The molecule has 5 nitrogen and oxygen atoms in total. The summed E-state index contributed by atoms with van der Waals surface area (Å²) >= 11 is 0. The van der Waals surface area contributed by atoms with Crippen molar-refractivity contribution >= 4 is 11.9 Å². The van der Waals surface area contributed by atoms with Gasteiger partial charge >= 0.3 is 6.09 Å². The molecule has 2 fully saturated rings. The number of hydrogen-bond acceptors (Lipinski definition) is 3. The van der Waals surface area contributed by atoms with Crippen LogP contribution in [-0.2, 0) is 0 Å². The summed E-state index contributed by atoms with van der Waals surface area (Å²) in [7, 11) is 0. The Morgan fingerprint density at radius 3 is 2.45 bits per heavy atom. The van der Waals surface area contributed by atoms with Crippen LogP contribution in [0.5, 0.6) is 5.75 Å². The molecule has 3 rings (SSSR count). The van der Waals surface area contributed by atoms with Gasteiger partial charge < -0.3 is 14.7 Å². The highest BCUT2D eigenvalue weighted by Gasteiger charge is 2.44. The van der Waals surface area contributed by atoms with Crippen LogP contribution in [0.15, 0.2) is 18.2 Å².